The van der Waals surface area contributed by atoms with Crippen molar-refractivity contribution in [2.24, 2.45) is 5.92 Å². The number of hydrogen-bond donors (Lipinski definition) is 1. The topological polar surface area (TPSA) is 71.5 Å². The van der Waals surface area contributed by atoms with Crippen LogP contribution < -0.4 is 15.0 Å². The van der Waals surface area contributed by atoms with Crippen LogP contribution in [0, 0.1) is 12.8 Å². The van der Waals surface area contributed by atoms with Crippen LogP contribution in [0.25, 0.3) is 0 Å². The summed E-state index contributed by atoms with van der Waals surface area (Å²) in [6.45, 7) is 2.30. The van der Waals surface area contributed by atoms with Crippen LogP contribution in [0.2, 0.25) is 0 Å². The van der Waals surface area contributed by atoms with Gasteiger partial charge in [0.25, 0.3) is 0 Å². The fourth-order valence-corrected chi connectivity index (χ4v) is 3.15. The highest BCUT2D eigenvalue weighted by Crippen LogP contribution is 2.34. The largest absolute Gasteiger partial charge is 0.495 e. The Labute approximate surface area is 138 Å². The Balaban J connectivity index is 1.77. The molecule has 1 N–H and O–H groups in total. The SMILES string of the molecule is COc1ccc(C)cc1N1C[C@H](C(=O)Nc2nccs2)CC1=O. The maximum Gasteiger partial charge on any atom is 0.231 e. The van der Waals surface area contributed by atoms with Crippen molar-refractivity contribution in [2.45, 2.75) is 13.3 Å². The molecule has 3 rings (SSSR count). The van der Waals surface area contributed by atoms with Crippen molar-refractivity contribution >= 4 is 34.0 Å². The van der Waals surface area contributed by atoms with Crippen molar-refractivity contribution in [3.63, 3.8) is 0 Å². The van der Waals surface area contributed by atoms with E-state index in [1.54, 1.807) is 23.6 Å². The maximum atomic E-state index is 12.3. The molecule has 0 bridgehead atoms. The summed E-state index contributed by atoms with van der Waals surface area (Å²) in [7, 11) is 1.57. The molecule has 0 saturated carbocycles. The molecule has 23 heavy (non-hydrogen) atoms. The zero-order valence-electron chi connectivity index (χ0n) is 12.9. The van der Waals surface area contributed by atoms with E-state index in [4.69, 9.17) is 4.74 Å². The third kappa shape index (κ3) is 3.19. The van der Waals surface area contributed by atoms with Gasteiger partial charge in [0.05, 0.1) is 18.7 Å². The van der Waals surface area contributed by atoms with Gasteiger partial charge in [-0.1, -0.05) is 6.07 Å². The Hall–Kier alpha value is -2.41. The van der Waals surface area contributed by atoms with E-state index in [1.807, 2.05) is 25.1 Å². The lowest BCUT2D eigenvalue weighted by Crippen LogP contribution is -2.28. The monoisotopic (exact) mass is 331 g/mol. The van der Waals surface area contributed by atoms with Gasteiger partial charge in [-0.2, -0.15) is 0 Å². The van der Waals surface area contributed by atoms with Gasteiger partial charge in [0.1, 0.15) is 5.75 Å². The van der Waals surface area contributed by atoms with Gasteiger partial charge in [0.15, 0.2) is 5.13 Å². The van der Waals surface area contributed by atoms with Crippen LogP contribution in [0.3, 0.4) is 0 Å². The third-order valence-corrected chi connectivity index (χ3v) is 4.47. The first-order chi connectivity index (χ1) is 11.1. The molecule has 1 aromatic carbocycles. The number of ether oxygens (including phenoxy) is 1. The van der Waals surface area contributed by atoms with E-state index in [1.165, 1.54) is 11.3 Å². The molecule has 0 unspecified atom stereocenters. The number of nitrogens with one attached hydrogen (secondary N) is 1. The second-order valence-corrected chi connectivity index (χ2v) is 6.30. The Kier molecular flexibility index (Phi) is 4.29. The molecule has 2 aromatic rings. The molecule has 1 aliphatic rings. The summed E-state index contributed by atoms with van der Waals surface area (Å²) >= 11 is 1.35. The second kappa shape index (κ2) is 6.37. The van der Waals surface area contributed by atoms with Crippen LogP contribution in [0.15, 0.2) is 29.8 Å². The molecule has 2 amide bonds. The number of carbonyl (C=O) groups is 2. The van der Waals surface area contributed by atoms with Gasteiger partial charge in [0, 0.05) is 24.5 Å². The number of methoxy groups -OCH3 is 1. The second-order valence-electron chi connectivity index (χ2n) is 5.41. The molecule has 2 heterocycles. The fourth-order valence-electron chi connectivity index (χ4n) is 2.62. The molecule has 0 aliphatic carbocycles. The smallest absolute Gasteiger partial charge is 0.231 e. The summed E-state index contributed by atoms with van der Waals surface area (Å²) < 4.78 is 5.34. The predicted octanol–water partition coefficient (Wildman–Crippen LogP) is 2.45. The standard InChI is InChI=1S/C16H17N3O3S/c1-10-3-4-13(22-2)12(7-10)19-9-11(8-14(19)20)15(21)18-16-17-5-6-23-16/h3-7,11H,8-9H2,1-2H3,(H,17,18,21)/t11-/m1/s1. The summed E-state index contributed by atoms with van der Waals surface area (Å²) in [4.78, 5) is 30.3. The molecular weight excluding hydrogens is 314 g/mol. The highest BCUT2D eigenvalue weighted by molar-refractivity contribution is 7.13. The van der Waals surface area contributed by atoms with Gasteiger partial charge < -0.3 is 15.0 Å². The number of aromatic nitrogens is 1. The summed E-state index contributed by atoms with van der Waals surface area (Å²) in [5, 5.41) is 5.10. The number of carbonyl (C=O) groups excluding carboxylic acids is 2. The van der Waals surface area contributed by atoms with E-state index in [2.05, 4.69) is 10.3 Å². The third-order valence-electron chi connectivity index (χ3n) is 3.78. The molecule has 1 aliphatic heterocycles. The van der Waals surface area contributed by atoms with E-state index in [0.29, 0.717) is 23.1 Å². The van der Waals surface area contributed by atoms with Crippen LogP contribution in [-0.2, 0) is 9.59 Å². The first-order valence-electron chi connectivity index (χ1n) is 7.24. The number of anilines is 2. The Morgan fingerprint density at radius 1 is 1.48 bits per heavy atom. The lowest BCUT2D eigenvalue weighted by Gasteiger charge is -2.20. The van der Waals surface area contributed by atoms with Crippen molar-refractivity contribution < 1.29 is 14.3 Å². The molecule has 1 fully saturated rings. The average molecular weight is 331 g/mol. The Morgan fingerprint density at radius 3 is 3.00 bits per heavy atom. The normalized spacial score (nSPS) is 17.4. The zero-order chi connectivity index (χ0) is 16.4. The minimum atomic E-state index is -0.392. The van der Waals surface area contributed by atoms with Gasteiger partial charge >= 0.3 is 0 Å². The summed E-state index contributed by atoms with van der Waals surface area (Å²) in [6, 6.07) is 5.66. The highest BCUT2D eigenvalue weighted by Gasteiger charge is 2.36. The number of aryl methyl sites for hydroxylation is 1. The summed E-state index contributed by atoms with van der Waals surface area (Å²) in [5.74, 6) is -0.0165. The molecule has 6 nitrogen and oxygen atoms in total. The number of rotatable bonds is 4. The van der Waals surface area contributed by atoms with Crippen LogP contribution in [0.1, 0.15) is 12.0 Å². The highest BCUT2D eigenvalue weighted by atomic mass is 32.1. The van der Waals surface area contributed by atoms with Crippen LogP contribution in [-0.4, -0.2) is 30.5 Å². The quantitative estimate of drug-likeness (QED) is 0.934. The molecule has 1 aromatic heterocycles. The number of amides is 2. The number of hydrogen-bond acceptors (Lipinski definition) is 5. The average Bonchev–Trinajstić information content (AvgIpc) is 3.16. The van der Waals surface area contributed by atoms with Crippen LogP contribution in [0.4, 0.5) is 10.8 Å². The van der Waals surface area contributed by atoms with Crippen molar-refractivity contribution in [3.8, 4) is 5.75 Å². The number of nitrogens with zero attached hydrogens (tertiary/aromatic N) is 2. The van der Waals surface area contributed by atoms with Crippen molar-refractivity contribution in [2.75, 3.05) is 23.9 Å². The molecule has 1 saturated heterocycles. The molecule has 0 radical (unpaired) electrons. The molecule has 1 atom stereocenters. The fraction of sp³-hybridized carbons (Fsp3) is 0.312. The van der Waals surface area contributed by atoms with Crippen molar-refractivity contribution in [1.29, 1.82) is 0 Å². The van der Waals surface area contributed by atoms with Crippen molar-refractivity contribution in [3.05, 3.63) is 35.3 Å². The lowest BCUT2D eigenvalue weighted by molar-refractivity contribution is -0.122. The Bertz CT molecular complexity index is 730. The van der Waals surface area contributed by atoms with Crippen molar-refractivity contribution in [1.82, 2.24) is 4.98 Å². The predicted molar refractivity (Wildman–Crippen MR) is 88.9 cm³/mol. The summed E-state index contributed by atoms with van der Waals surface area (Å²) in [6.07, 6.45) is 1.82. The molecule has 7 heteroatoms. The van der Waals surface area contributed by atoms with Crippen LogP contribution in [0.5, 0.6) is 5.75 Å². The summed E-state index contributed by atoms with van der Waals surface area (Å²) in [5.41, 5.74) is 1.74. The van der Waals surface area contributed by atoms with Gasteiger partial charge in [-0.05, 0) is 24.6 Å². The van der Waals surface area contributed by atoms with Gasteiger partial charge in [-0.3, -0.25) is 9.59 Å². The molecule has 0 spiro atoms. The van der Waals surface area contributed by atoms with Crippen LogP contribution >= 0.6 is 11.3 Å². The maximum absolute atomic E-state index is 12.3. The van der Waals surface area contributed by atoms with E-state index in [-0.39, 0.29) is 18.2 Å². The van der Waals surface area contributed by atoms with Gasteiger partial charge in [-0.25, -0.2) is 4.98 Å². The molecule has 120 valence electrons. The number of benzene rings is 1. The van der Waals surface area contributed by atoms with E-state index >= 15 is 0 Å². The van der Waals surface area contributed by atoms with Gasteiger partial charge in [0.2, 0.25) is 11.8 Å². The lowest BCUT2D eigenvalue weighted by atomic mass is 10.1. The molecular formula is C16H17N3O3S. The van der Waals surface area contributed by atoms with Gasteiger partial charge in [-0.15, -0.1) is 11.3 Å². The first-order valence-corrected chi connectivity index (χ1v) is 8.12. The number of thiazole rings is 1. The minimum Gasteiger partial charge on any atom is -0.495 e. The Morgan fingerprint density at radius 2 is 2.30 bits per heavy atom. The van der Waals surface area contributed by atoms with E-state index in [9.17, 15) is 9.59 Å². The first kappa shape index (κ1) is 15.5. The van der Waals surface area contributed by atoms with E-state index < -0.39 is 5.92 Å². The minimum absolute atomic E-state index is 0.0758. The van der Waals surface area contributed by atoms with E-state index in [0.717, 1.165) is 5.56 Å². The zero-order valence-corrected chi connectivity index (χ0v) is 13.7.